The second-order valence-corrected chi connectivity index (χ2v) is 4.68. The van der Waals surface area contributed by atoms with Crippen LogP contribution in [0, 0.1) is 0 Å². The summed E-state index contributed by atoms with van der Waals surface area (Å²) in [5, 5.41) is 16.9. The van der Waals surface area contributed by atoms with Crippen LogP contribution < -0.4 is 11.1 Å². The van der Waals surface area contributed by atoms with Crippen molar-refractivity contribution in [1.82, 2.24) is 15.2 Å². The summed E-state index contributed by atoms with van der Waals surface area (Å²) in [5.41, 5.74) is 0.157. The highest BCUT2D eigenvalue weighted by atomic mass is 16.3. The quantitative estimate of drug-likeness (QED) is 0.389. The van der Waals surface area contributed by atoms with Gasteiger partial charge < -0.3 is 10.1 Å². The highest BCUT2D eigenvalue weighted by molar-refractivity contribution is 6.16. The summed E-state index contributed by atoms with van der Waals surface area (Å²) in [4.78, 5) is 26.7. The van der Waals surface area contributed by atoms with Crippen molar-refractivity contribution in [2.45, 2.75) is 0 Å². The fourth-order valence-electron chi connectivity index (χ4n) is 2.62. The molecule has 0 bridgehead atoms. The molecule has 0 aliphatic carbocycles. The first kappa shape index (κ1) is 10.9. The molecule has 6 nitrogen and oxygen atoms in total. The molecule has 20 heavy (non-hydrogen) atoms. The van der Waals surface area contributed by atoms with Gasteiger partial charge in [-0.05, 0) is 17.5 Å². The van der Waals surface area contributed by atoms with E-state index in [1.54, 1.807) is 24.3 Å². The number of nitrogens with one attached hydrogen (secondary N) is 3. The maximum Gasteiger partial charge on any atom is 0.286 e. The van der Waals surface area contributed by atoms with Crippen molar-refractivity contribution < 1.29 is 5.11 Å². The Bertz CT molecular complexity index is 1100. The molecular formula is C14H9N3O3. The smallest absolute Gasteiger partial charge is 0.286 e. The predicted molar refractivity (Wildman–Crippen MR) is 76.2 cm³/mol. The van der Waals surface area contributed by atoms with Crippen LogP contribution in [-0.4, -0.2) is 20.3 Å². The van der Waals surface area contributed by atoms with Crippen molar-refractivity contribution in [3.05, 3.63) is 51.0 Å². The molecule has 4 rings (SSSR count). The molecule has 98 valence electrons. The number of rotatable bonds is 0. The normalized spacial score (nSPS) is 11.6. The molecule has 0 saturated heterocycles. The molecule has 0 atom stereocenters. The van der Waals surface area contributed by atoms with E-state index >= 15 is 0 Å². The van der Waals surface area contributed by atoms with Crippen LogP contribution in [0.5, 0.6) is 5.75 Å². The van der Waals surface area contributed by atoms with Gasteiger partial charge in [0, 0.05) is 10.8 Å². The standard InChI is InChI=1S/C14H9N3O3/c18-7-3-1-6-2-4-8-10-12(14(20)17-16-13(10)19)15-11(8)9(6)5-7/h1-5,15,18H,(H,16,19)(H,17,20). The molecule has 2 heterocycles. The topological polar surface area (TPSA) is 102 Å². The Morgan fingerprint density at radius 3 is 2.45 bits per heavy atom. The third-order valence-corrected chi connectivity index (χ3v) is 3.52. The average Bonchev–Trinajstić information content (AvgIpc) is 2.84. The number of hydrogen-bond acceptors (Lipinski definition) is 3. The number of fused-ring (bicyclic) bond motifs is 5. The van der Waals surface area contributed by atoms with Gasteiger partial charge in [0.15, 0.2) is 0 Å². The number of H-pyrrole nitrogens is 3. The van der Waals surface area contributed by atoms with E-state index in [2.05, 4.69) is 15.2 Å². The van der Waals surface area contributed by atoms with Crippen molar-refractivity contribution in [1.29, 1.82) is 0 Å². The van der Waals surface area contributed by atoms with Crippen LogP contribution in [0.3, 0.4) is 0 Å². The minimum absolute atomic E-state index is 0.131. The average molecular weight is 267 g/mol. The predicted octanol–water partition coefficient (Wildman–Crippen LogP) is 1.56. The van der Waals surface area contributed by atoms with Crippen molar-refractivity contribution in [3.63, 3.8) is 0 Å². The van der Waals surface area contributed by atoms with Gasteiger partial charge in [-0.1, -0.05) is 18.2 Å². The minimum atomic E-state index is -0.385. The molecule has 0 aliphatic heterocycles. The monoisotopic (exact) mass is 267 g/mol. The number of aromatic hydroxyl groups is 1. The van der Waals surface area contributed by atoms with Gasteiger partial charge in [-0.2, -0.15) is 0 Å². The molecule has 0 saturated carbocycles. The van der Waals surface area contributed by atoms with Crippen LogP contribution in [0.2, 0.25) is 0 Å². The second-order valence-electron chi connectivity index (χ2n) is 4.68. The Balaban J connectivity index is 2.39. The van der Waals surface area contributed by atoms with E-state index in [1.807, 2.05) is 6.07 Å². The number of hydrogen-bond donors (Lipinski definition) is 4. The Labute approximate surface area is 110 Å². The highest BCUT2D eigenvalue weighted by Gasteiger charge is 2.13. The van der Waals surface area contributed by atoms with Crippen LogP contribution in [0.4, 0.5) is 0 Å². The largest absolute Gasteiger partial charge is 0.508 e. The second kappa shape index (κ2) is 3.51. The lowest BCUT2D eigenvalue weighted by Crippen LogP contribution is -2.18. The van der Waals surface area contributed by atoms with Gasteiger partial charge in [0.1, 0.15) is 11.3 Å². The first-order chi connectivity index (χ1) is 9.65. The van der Waals surface area contributed by atoms with Crippen LogP contribution in [0.25, 0.3) is 32.6 Å². The summed E-state index contributed by atoms with van der Waals surface area (Å²) >= 11 is 0. The first-order valence-corrected chi connectivity index (χ1v) is 6.03. The van der Waals surface area contributed by atoms with Gasteiger partial charge in [0.2, 0.25) is 0 Å². The zero-order valence-electron chi connectivity index (χ0n) is 10.2. The van der Waals surface area contributed by atoms with Crippen LogP contribution in [0.1, 0.15) is 0 Å². The van der Waals surface area contributed by atoms with Crippen LogP contribution >= 0.6 is 0 Å². The molecule has 2 aromatic carbocycles. The first-order valence-electron chi connectivity index (χ1n) is 6.03. The van der Waals surface area contributed by atoms with Crippen molar-refractivity contribution in [3.8, 4) is 5.75 Å². The SMILES string of the molecule is O=c1[nH][nH]c(=O)c2c1[nH]c1c3cc(O)ccc3ccc12. The molecule has 0 fully saturated rings. The summed E-state index contributed by atoms with van der Waals surface area (Å²) in [7, 11) is 0. The molecule has 0 amide bonds. The van der Waals surface area contributed by atoms with Crippen molar-refractivity contribution in [2.75, 3.05) is 0 Å². The van der Waals surface area contributed by atoms with Crippen molar-refractivity contribution in [2.24, 2.45) is 0 Å². The number of benzene rings is 2. The molecule has 4 N–H and O–H groups in total. The van der Waals surface area contributed by atoms with Crippen molar-refractivity contribution >= 4 is 32.6 Å². The number of phenols is 1. The number of phenolic OH excluding ortho intramolecular Hbond substituents is 1. The van der Waals surface area contributed by atoms with E-state index in [1.165, 1.54) is 0 Å². The van der Waals surface area contributed by atoms with Gasteiger partial charge in [-0.3, -0.25) is 19.8 Å². The fraction of sp³-hybridized carbons (Fsp3) is 0. The fourth-order valence-corrected chi connectivity index (χ4v) is 2.62. The Kier molecular flexibility index (Phi) is 1.90. The molecule has 0 unspecified atom stereocenters. The summed E-state index contributed by atoms with van der Waals surface area (Å²) < 4.78 is 0. The number of aromatic nitrogens is 3. The molecule has 0 aliphatic rings. The zero-order valence-corrected chi connectivity index (χ0v) is 10.2. The third kappa shape index (κ3) is 1.27. The van der Waals surface area contributed by atoms with Gasteiger partial charge in [-0.15, -0.1) is 0 Å². The maximum absolute atomic E-state index is 11.9. The summed E-state index contributed by atoms with van der Waals surface area (Å²) in [5.74, 6) is 0.131. The maximum atomic E-state index is 11.9. The van der Waals surface area contributed by atoms with Gasteiger partial charge in [-0.25, -0.2) is 0 Å². The number of aromatic amines is 3. The lowest BCUT2D eigenvalue weighted by molar-refractivity contribution is 0.476. The zero-order chi connectivity index (χ0) is 13.9. The lowest BCUT2D eigenvalue weighted by atomic mass is 10.1. The molecule has 4 aromatic rings. The van der Waals surface area contributed by atoms with E-state index in [0.29, 0.717) is 16.3 Å². The van der Waals surface area contributed by atoms with E-state index in [-0.39, 0.29) is 22.4 Å². The summed E-state index contributed by atoms with van der Waals surface area (Å²) in [6.07, 6.45) is 0. The van der Waals surface area contributed by atoms with Gasteiger partial charge >= 0.3 is 0 Å². The minimum Gasteiger partial charge on any atom is -0.508 e. The van der Waals surface area contributed by atoms with E-state index < -0.39 is 0 Å². The Morgan fingerprint density at radius 2 is 1.60 bits per heavy atom. The van der Waals surface area contributed by atoms with E-state index in [0.717, 1.165) is 10.8 Å². The molecular weight excluding hydrogens is 258 g/mol. The third-order valence-electron chi connectivity index (χ3n) is 3.52. The molecule has 0 radical (unpaired) electrons. The van der Waals surface area contributed by atoms with Crippen LogP contribution in [0.15, 0.2) is 39.9 Å². The van der Waals surface area contributed by atoms with E-state index in [9.17, 15) is 14.7 Å². The molecule has 2 aromatic heterocycles. The lowest BCUT2D eigenvalue weighted by Gasteiger charge is -2.00. The molecule has 6 heteroatoms. The highest BCUT2D eigenvalue weighted by Crippen LogP contribution is 2.30. The Hall–Kier alpha value is -3.02. The molecule has 0 spiro atoms. The van der Waals surface area contributed by atoms with Crippen LogP contribution in [-0.2, 0) is 0 Å². The Morgan fingerprint density at radius 1 is 0.850 bits per heavy atom. The van der Waals surface area contributed by atoms with Gasteiger partial charge in [0.05, 0.1) is 10.9 Å². The summed E-state index contributed by atoms with van der Waals surface area (Å²) in [6, 6.07) is 8.63. The summed E-state index contributed by atoms with van der Waals surface area (Å²) in [6.45, 7) is 0. The van der Waals surface area contributed by atoms with E-state index in [4.69, 9.17) is 0 Å². The van der Waals surface area contributed by atoms with Gasteiger partial charge in [0.25, 0.3) is 11.1 Å².